The van der Waals surface area contributed by atoms with Crippen LogP contribution in [0.25, 0.3) is 0 Å². The molecule has 0 fully saturated rings. The van der Waals surface area contributed by atoms with Gasteiger partial charge in [0.15, 0.2) is 0 Å². The van der Waals surface area contributed by atoms with E-state index in [1.54, 1.807) is 0 Å². The van der Waals surface area contributed by atoms with Crippen molar-refractivity contribution in [1.82, 2.24) is 9.97 Å². The molecule has 3 rings (SSSR count). The fourth-order valence-electron chi connectivity index (χ4n) is 3.12. The zero-order valence-electron chi connectivity index (χ0n) is 13.7. The number of aryl methyl sites for hydroxylation is 3. The summed E-state index contributed by atoms with van der Waals surface area (Å²) in [5, 5.41) is 3.51. The number of nitrogens with one attached hydrogen (secondary N) is 1. The minimum Gasteiger partial charge on any atom is -0.370 e. The Labute approximate surface area is 138 Å². The van der Waals surface area contributed by atoms with Gasteiger partial charge in [-0.25, -0.2) is 9.97 Å². The van der Waals surface area contributed by atoms with Crippen molar-refractivity contribution in [3.05, 3.63) is 53.0 Å². The Hall–Kier alpha value is -1.94. The molecule has 1 aromatic carbocycles. The van der Waals surface area contributed by atoms with Crippen LogP contribution in [0.15, 0.2) is 30.3 Å². The normalized spacial score (nSPS) is 13.1. The van der Waals surface area contributed by atoms with E-state index in [0.29, 0.717) is 0 Å². The third kappa shape index (κ3) is 4.29. The van der Waals surface area contributed by atoms with Crippen LogP contribution in [0.4, 0.5) is 5.82 Å². The third-order valence-corrected chi connectivity index (χ3v) is 4.38. The molecule has 23 heavy (non-hydrogen) atoms. The SMILES string of the molecule is NCCCCNc1nc(CCc2ccccc2)nc2c1CCC2. The lowest BCUT2D eigenvalue weighted by molar-refractivity contribution is 0.767. The first-order valence-corrected chi connectivity index (χ1v) is 8.73. The van der Waals surface area contributed by atoms with Gasteiger partial charge in [0.1, 0.15) is 11.6 Å². The second kappa shape index (κ2) is 8.06. The number of hydrogen-bond donors (Lipinski definition) is 2. The molecule has 1 aliphatic rings. The van der Waals surface area contributed by atoms with Gasteiger partial charge in [0.2, 0.25) is 0 Å². The average molecular weight is 310 g/mol. The van der Waals surface area contributed by atoms with Crippen LogP contribution in [0.2, 0.25) is 0 Å². The van der Waals surface area contributed by atoms with Crippen molar-refractivity contribution in [2.45, 2.75) is 44.9 Å². The van der Waals surface area contributed by atoms with Crippen LogP contribution in [0.3, 0.4) is 0 Å². The second-order valence-electron chi connectivity index (χ2n) is 6.18. The first-order valence-electron chi connectivity index (χ1n) is 8.73. The van der Waals surface area contributed by atoms with Crippen LogP contribution < -0.4 is 11.1 Å². The fraction of sp³-hybridized carbons (Fsp3) is 0.474. The third-order valence-electron chi connectivity index (χ3n) is 4.38. The molecular formula is C19H26N4. The Morgan fingerprint density at radius 1 is 1.00 bits per heavy atom. The summed E-state index contributed by atoms with van der Waals surface area (Å²) in [5.41, 5.74) is 9.49. The molecule has 0 aliphatic heterocycles. The molecule has 3 N–H and O–H groups in total. The van der Waals surface area contributed by atoms with Gasteiger partial charge in [0.05, 0.1) is 0 Å². The second-order valence-corrected chi connectivity index (χ2v) is 6.18. The van der Waals surface area contributed by atoms with Gasteiger partial charge in [0, 0.05) is 24.2 Å². The lowest BCUT2D eigenvalue weighted by Gasteiger charge is -2.12. The summed E-state index contributed by atoms with van der Waals surface area (Å²) in [6.45, 7) is 1.70. The number of hydrogen-bond acceptors (Lipinski definition) is 4. The monoisotopic (exact) mass is 310 g/mol. The quantitative estimate of drug-likeness (QED) is 0.736. The molecule has 0 bridgehead atoms. The first-order chi connectivity index (χ1) is 11.4. The zero-order valence-corrected chi connectivity index (χ0v) is 13.7. The molecule has 4 nitrogen and oxygen atoms in total. The summed E-state index contributed by atoms with van der Waals surface area (Å²) in [4.78, 5) is 9.61. The Kier molecular flexibility index (Phi) is 5.59. The molecule has 1 heterocycles. The minimum absolute atomic E-state index is 0.756. The fourth-order valence-corrected chi connectivity index (χ4v) is 3.12. The topological polar surface area (TPSA) is 63.8 Å². The zero-order chi connectivity index (χ0) is 15.9. The van der Waals surface area contributed by atoms with Crippen LogP contribution in [-0.2, 0) is 25.7 Å². The molecule has 0 spiro atoms. The van der Waals surface area contributed by atoms with Crippen LogP contribution in [-0.4, -0.2) is 23.1 Å². The lowest BCUT2D eigenvalue weighted by Crippen LogP contribution is -2.11. The van der Waals surface area contributed by atoms with Gasteiger partial charge < -0.3 is 11.1 Å². The molecule has 1 aromatic heterocycles. The van der Waals surface area contributed by atoms with E-state index >= 15 is 0 Å². The predicted molar refractivity (Wildman–Crippen MR) is 94.7 cm³/mol. The predicted octanol–water partition coefficient (Wildman–Crippen LogP) is 2.90. The Morgan fingerprint density at radius 3 is 2.70 bits per heavy atom. The lowest BCUT2D eigenvalue weighted by atomic mass is 10.1. The van der Waals surface area contributed by atoms with E-state index in [9.17, 15) is 0 Å². The Morgan fingerprint density at radius 2 is 1.87 bits per heavy atom. The largest absolute Gasteiger partial charge is 0.370 e. The van der Waals surface area contributed by atoms with Gasteiger partial charge in [-0.3, -0.25) is 0 Å². The molecule has 0 unspecified atom stereocenters. The van der Waals surface area contributed by atoms with E-state index in [1.807, 2.05) is 0 Å². The number of nitrogens with two attached hydrogens (primary N) is 1. The van der Waals surface area contributed by atoms with Crippen LogP contribution in [0, 0.1) is 0 Å². The molecule has 0 saturated heterocycles. The number of unbranched alkanes of at least 4 members (excludes halogenated alkanes) is 1. The number of rotatable bonds is 8. The van der Waals surface area contributed by atoms with Gasteiger partial charge in [-0.2, -0.15) is 0 Å². The highest BCUT2D eigenvalue weighted by Gasteiger charge is 2.19. The van der Waals surface area contributed by atoms with Crippen LogP contribution >= 0.6 is 0 Å². The standard InChI is InChI=1S/C19H26N4/c20-13-4-5-14-21-19-16-9-6-10-17(16)22-18(23-19)12-11-15-7-2-1-3-8-15/h1-3,7-8H,4-6,9-14,20H2,(H,21,22,23). The van der Waals surface area contributed by atoms with Gasteiger partial charge in [-0.1, -0.05) is 30.3 Å². The Balaban J connectivity index is 1.68. The van der Waals surface area contributed by atoms with E-state index in [1.165, 1.54) is 23.2 Å². The maximum atomic E-state index is 5.56. The number of anilines is 1. The summed E-state index contributed by atoms with van der Waals surface area (Å²) in [6, 6.07) is 10.6. The first kappa shape index (κ1) is 15.9. The van der Waals surface area contributed by atoms with Crippen LogP contribution in [0.1, 0.15) is 41.9 Å². The summed E-state index contributed by atoms with van der Waals surface area (Å²) in [7, 11) is 0. The highest BCUT2D eigenvalue weighted by Crippen LogP contribution is 2.26. The van der Waals surface area contributed by atoms with Crippen molar-refractivity contribution in [2.75, 3.05) is 18.4 Å². The summed E-state index contributed by atoms with van der Waals surface area (Å²) in [6.07, 6.45) is 7.43. The molecule has 1 aliphatic carbocycles. The maximum Gasteiger partial charge on any atom is 0.133 e. The summed E-state index contributed by atoms with van der Waals surface area (Å²) in [5.74, 6) is 2.03. The van der Waals surface area contributed by atoms with Crippen molar-refractivity contribution < 1.29 is 0 Å². The van der Waals surface area contributed by atoms with Crippen molar-refractivity contribution in [3.63, 3.8) is 0 Å². The van der Waals surface area contributed by atoms with Gasteiger partial charge in [-0.05, 0) is 50.6 Å². The highest BCUT2D eigenvalue weighted by atomic mass is 15.0. The minimum atomic E-state index is 0.756. The van der Waals surface area contributed by atoms with Crippen molar-refractivity contribution in [3.8, 4) is 0 Å². The molecule has 122 valence electrons. The molecule has 4 heteroatoms. The van der Waals surface area contributed by atoms with Crippen molar-refractivity contribution in [1.29, 1.82) is 0 Å². The van der Waals surface area contributed by atoms with Gasteiger partial charge >= 0.3 is 0 Å². The van der Waals surface area contributed by atoms with Gasteiger partial charge in [0.25, 0.3) is 0 Å². The van der Waals surface area contributed by atoms with Crippen molar-refractivity contribution >= 4 is 5.82 Å². The smallest absolute Gasteiger partial charge is 0.133 e. The number of aromatic nitrogens is 2. The van der Waals surface area contributed by atoms with Gasteiger partial charge in [-0.15, -0.1) is 0 Å². The maximum absolute atomic E-state index is 5.56. The number of fused-ring (bicyclic) bond motifs is 1. The molecule has 0 saturated carbocycles. The van der Waals surface area contributed by atoms with Crippen LogP contribution in [0.5, 0.6) is 0 Å². The molecule has 0 amide bonds. The van der Waals surface area contributed by atoms with E-state index < -0.39 is 0 Å². The molecule has 2 aromatic rings. The highest BCUT2D eigenvalue weighted by molar-refractivity contribution is 5.48. The Bertz CT molecular complexity index is 625. The number of nitrogens with zero attached hydrogens (tertiary/aromatic N) is 2. The van der Waals surface area contributed by atoms with E-state index in [0.717, 1.165) is 63.3 Å². The molecule has 0 atom stereocenters. The number of benzene rings is 1. The summed E-state index contributed by atoms with van der Waals surface area (Å²) >= 11 is 0. The summed E-state index contributed by atoms with van der Waals surface area (Å²) < 4.78 is 0. The molecule has 0 radical (unpaired) electrons. The van der Waals surface area contributed by atoms with E-state index in [-0.39, 0.29) is 0 Å². The van der Waals surface area contributed by atoms with Crippen molar-refractivity contribution in [2.24, 2.45) is 5.73 Å². The average Bonchev–Trinajstić information content (AvgIpc) is 3.06. The molecular weight excluding hydrogens is 284 g/mol. The van der Waals surface area contributed by atoms with E-state index in [4.69, 9.17) is 15.7 Å². The van der Waals surface area contributed by atoms with E-state index in [2.05, 4.69) is 35.6 Å².